The summed E-state index contributed by atoms with van der Waals surface area (Å²) >= 11 is 0. The van der Waals surface area contributed by atoms with Crippen LogP contribution in [-0.4, -0.2) is 87.2 Å². The van der Waals surface area contributed by atoms with Crippen molar-refractivity contribution in [3.63, 3.8) is 0 Å². The molecule has 25 heavy (non-hydrogen) atoms. The number of likely N-dealkylation sites (tertiary alicyclic amines) is 1. The molecule has 0 radical (unpaired) electrons. The van der Waals surface area contributed by atoms with Gasteiger partial charge in [-0.05, 0) is 25.8 Å². The minimum Gasteiger partial charge on any atom is -0.379 e. The van der Waals surface area contributed by atoms with E-state index in [2.05, 4.69) is 20.5 Å². The third-order valence-electron chi connectivity index (χ3n) is 4.86. The first-order valence-electron chi connectivity index (χ1n) is 9.66. The lowest BCUT2D eigenvalue weighted by Gasteiger charge is -2.26. The highest BCUT2D eigenvalue weighted by Gasteiger charge is 2.27. The van der Waals surface area contributed by atoms with Gasteiger partial charge in [-0.3, -0.25) is 14.7 Å². The number of unbranched alkanes of at least 4 members (excludes halogenated alkanes) is 1. The van der Waals surface area contributed by atoms with Crippen LogP contribution in [0.3, 0.4) is 0 Å². The molecule has 2 saturated heterocycles. The SMILES string of the molecule is CN=C(NCCCCN1CCOCC1)NC1CCN(C(=O)C(C)C)C1. The average molecular weight is 354 g/mol. The van der Waals surface area contributed by atoms with E-state index < -0.39 is 0 Å². The third kappa shape index (κ3) is 6.82. The maximum absolute atomic E-state index is 12.1. The number of hydrogen-bond acceptors (Lipinski definition) is 4. The molecule has 2 fully saturated rings. The monoisotopic (exact) mass is 353 g/mol. The molecule has 2 aliphatic rings. The van der Waals surface area contributed by atoms with Crippen LogP contribution >= 0.6 is 0 Å². The van der Waals surface area contributed by atoms with Crippen molar-refractivity contribution in [3.05, 3.63) is 0 Å². The zero-order valence-corrected chi connectivity index (χ0v) is 16.1. The average Bonchev–Trinajstić information content (AvgIpc) is 3.09. The van der Waals surface area contributed by atoms with E-state index in [4.69, 9.17) is 4.74 Å². The van der Waals surface area contributed by atoms with Crippen LogP contribution in [-0.2, 0) is 9.53 Å². The second-order valence-electron chi connectivity index (χ2n) is 7.23. The molecule has 0 saturated carbocycles. The fourth-order valence-corrected chi connectivity index (χ4v) is 3.32. The molecule has 0 aromatic heterocycles. The van der Waals surface area contributed by atoms with Crippen molar-refractivity contribution in [2.75, 3.05) is 59.5 Å². The number of aliphatic imine (C=N–C) groups is 1. The molecule has 0 spiro atoms. The number of carbonyl (C=O) groups is 1. The maximum Gasteiger partial charge on any atom is 0.225 e. The van der Waals surface area contributed by atoms with Crippen LogP contribution < -0.4 is 10.6 Å². The molecule has 7 nitrogen and oxygen atoms in total. The summed E-state index contributed by atoms with van der Waals surface area (Å²) in [5.74, 6) is 1.16. The summed E-state index contributed by atoms with van der Waals surface area (Å²) in [6.45, 7) is 11.4. The number of ether oxygens (including phenoxy) is 1. The Balaban J connectivity index is 1.58. The smallest absolute Gasteiger partial charge is 0.225 e. The number of carbonyl (C=O) groups excluding carboxylic acids is 1. The van der Waals surface area contributed by atoms with E-state index in [1.165, 1.54) is 6.42 Å². The molecule has 2 heterocycles. The van der Waals surface area contributed by atoms with Gasteiger partial charge in [0, 0.05) is 51.7 Å². The predicted molar refractivity (Wildman–Crippen MR) is 101 cm³/mol. The highest BCUT2D eigenvalue weighted by atomic mass is 16.5. The van der Waals surface area contributed by atoms with E-state index in [-0.39, 0.29) is 11.8 Å². The number of nitrogens with zero attached hydrogens (tertiary/aromatic N) is 3. The summed E-state index contributed by atoms with van der Waals surface area (Å²) < 4.78 is 5.37. The van der Waals surface area contributed by atoms with Crippen molar-refractivity contribution in [2.45, 2.75) is 39.2 Å². The summed E-state index contributed by atoms with van der Waals surface area (Å²) in [6, 6.07) is 0.294. The van der Waals surface area contributed by atoms with Crippen LogP contribution in [0, 0.1) is 5.92 Å². The summed E-state index contributed by atoms with van der Waals surface area (Å²) in [5, 5.41) is 6.84. The maximum atomic E-state index is 12.1. The van der Waals surface area contributed by atoms with Crippen LogP contribution in [0.4, 0.5) is 0 Å². The fourth-order valence-electron chi connectivity index (χ4n) is 3.32. The number of morpholine rings is 1. The van der Waals surface area contributed by atoms with E-state index in [9.17, 15) is 4.79 Å². The lowest BCUT2D eigenvalue weighted by atomic mass is 10.2. The summed E-state index contributed by atoms with van der Waals surface area (Å²) in [6.07, 6.45) is 3.29. The van der Waals surface area contributed by atoms with Gasteiger partial charge in [-0.25, -0.2) is 0 Å². The zero-order chi connectivity index (χ0) is 18.1. The summed E-state index contributed by atoms with van der Waals surface area (Å²) in [5.41, 5.74) is 0. The number of rotatable bonds is 7. The largest absolute Gasteiger partial charge is 0.379 e. The first-order chi connectivity index (χ1) is 12.1. The third-order valence-corrected chi connectivity index (χ3v) is 4.86. The molecule has 0 aromatic rings. The molecule has 7 heteroatoms. The van der Waals surface area contributed by atoms with Crippen molar-refractivity contribution < 1.29 is 9.53 Å². The van der Waals surface area contributed by atoms with Crippen LogP contribution in [0.15, 0.2) is 4.99 Å². The van der Waals surface area contributed by atoms with Crippen molar-refractivity contribution >= 4 is 11.9 Å². The van der Waals surface area contributed by atoms with E-state index in [0.717, 1.165) is 71.3 Å². The van der Waals surface area contributed by atoms with Crippen LogP contribution in [0.5, 0.6) is 0 Å². The lowest BCUT2D eigenvalue weighted by Crippen LogP contribution is -2.45. The summed E-state index contributed by atoms with van der Waals surface area (Å²) in [7, 11) is 1.80. The van der Waals surface area contributed by atoms with Gasteiger partial charge in [0.05, 0.1) is 13.2 Å². The molecule has 0 bridgehead atoms. The van der Waals surface area contributed by atoms with E-state index in [0.29, 0.717) is 6.04 Å². The van der Waals surface area contributed by atoms with E-state index >= 15 is 0 Å². The topological polar surface area (TPSA) is 69.2 Å². The first-order valence-corrected chi connectivity index (χ1v) is 9.66. The Kier molecular flexibility index (Phi) is 8.48. The number of nitrogens with one attached hydrogen (secondary N) is 2. The van der Waals surface area contributed by atoms with Gasteiger partial charge in [0.2, 0.25) is 5.91 Å². The highest BCUT2D eigenvalue weighted by molar-refractivity contribution is 5.81. The Morgan fingerprint density at radius 3 is 2.68 bits per heavy atom. The van der Waals surface area contributed by atoms with E-state index in [1.54, 1.807) is 7.05 Å². The Morgan fingerprint density at radius 2 is 2.00 bits per heavy atom. The minimum absolute atomic E-state index is 0.0719. The zero-order valence-electron chi connectivity index (χ0n) is 16.1. The van der Waals surface area contributed by atoms with Gasteiger partial charge in [0.1, 0.15) is 0 Å². The Labute approximate surface area is 152 Å². The Morgan fingerprint density at radius 1 is 1.24 bits per heavy atom. The van der Waals surface area contributed by atoms with Gasteiger partial charge in [0.15, 0.2) is 5.96 Å². The number of amides is 1. The second kappa shape index (κ2) is 10.6. The van der Waals surface area contributed by atoms with Gasteiger partial charge in [-0.15, -0.1) is 0 Å². The van der Waals surface area contributed by atoms with Crippen LogP contribution in [0.25, 0.3) is 0 Å². The normalized spacial score (nSPS) is 22.5. The molecule has 144 valence electrons. The van der Waals surface area contributed by atoms with Gasteiger partial charge >= 0.3 is 0 Å². The molecule has 2 aliphatic heterocycles. The molecule has 2 rings (SSSR count). The first kappa shape index (κ1) is 20.0. The quantitative estimate of drug-likeness (QED) is 0.397. The van der Waals surface area contributed by atoms with Crippen LogP contribution in [0.2, 0.25) is 0 Å². The van der Waals surface area contributed by atoms with Crippen molar-refractivity contribution in [1.82, 2.24) is 20.4 Å². The molecular formula is C18H35N5O2. The van der Waals surface area contributed by atoms with E-state index in [1.807, 2.05) is 18.7 Å². The Hall–Kier alpha value is -1.34. The molecule has 0 aliphatic carbocycles. The van der Waals surface area contributed by atoms with Gasteiger partial charge < -0.3 is 20.3 Å². The Bertz CT molecular complexity index is 435. The van der Waals surface area contributed by atoms with Gasteiger partial charge in [-0.1, -0.05) is 13.8 Å². The van der Waals surface area contributed by atoms with Crippen molar-refractivity contribution in [1.29, 1.82) is 0 Å². The standard InChI is InChI=1S/C18H35N5O2/c1-15(2)17(24)23-9-6-16(14-23)21-18(19-3)20-7-4-5-8-22-10-12-25-13-11-22/h15-16H,4-14H2,1-3H3,(H2,19,20,21). The van der Waals surface area contributed by atoms with Gasteiger partial charge in [-0.2, -0.15) is 0 Å². The molecule has 1 unspecified atom stereocenters. The van der Waals surface area contributed by atoms with Gasteiger partial charge in [0.25, 0.3) is 0 Å². The highest BCUT2D eigenvalue weighted by Crippen LogP contribution is 2.12. The van der Waals surface area contributed by atoms with Crippen LogP contribution in [0.1, 0.15) is 33.1 Å². The summed E-state index contributed by atoms with van der Waals surface area (Å²) in [4.78, 5) is 20.8. The molecule has 1 atom stereocenters. The predicted octanol–water partition coefficient (Wildman–Crippen LogP) is 0.521. The fraction of sp³-hybridized carbons (Fsp3) is 0.889. The molecule has 1 amide bonds. The molecule has 0 aromatic carbocycles. The number of hydrogen-bond donors (Lipinski definition) is 2. The molecule has 2 N–H and O–H groups in total. The second-order valence-corrected chi connectivity index (χ2v) is 7.23. The van der Waals surface area contributed by atoms with Crippen molar-refractivity contribution in [2.24, 2.45) is 10.9 Å². The lowest BCUT2D eigenvalue weighted by molar-refractivity contribution is -0.133. The minimum atomic E-state index is 0.0719. The molecular weight excluding hydrogens is 318 g/mol. The number of guanidine groups is 1. The van der Waals surface area contributed by atoms with Crippen molar-refractivity contribution in [3.8, 4) is 0 Å².